The number of rotatable bonds is 10. The van der Waals surface area contributed by atoms with Crippen LogP contribution in [0, 0.1) is 0 Å². The summed E-state index contributed by atoms with van der Waals surface area (Å²) < 4.78 is 0. The molecular formula is C29H29ClN4OS. The zero-order chi connectivity index (χ0) is 25.3. The van der Waals surface area contributed by atoms with E-state index in [-0.39, 0.29) is 11.8 Å². The summed E-state index contributed by atoms with van der Waals surface area (Å²) in [5, 5.41) is 4.12. The maximum absolute atomic E-state index is 12.9. The topological polar surface area (TPSA) is 58.1 Å². The lowest BCUT2D eigenvalue weighted by Crippen LogP contribution is -2.26. The van der Waals surface area contributed by atoms with Crippen molar-refractivity contribution in [2.24, 2.45) is 0 Å². The first-order valence-electron chi connectivity index (χ1n) is 11.8. The van der Waals surface area contributed by atoms with Crippen molar-refractivity contribution in [2.75, 3.05) is 25.5 Å². The molecule has 0 bridgehead atoms. The van der Waals surface area contributed by atoms with Gasteiger partial charge in [0, 0.05) is 43.9 Å². The predicted molar refractivity (Wildman–Crippen MR) is 149 cm³/mol. The fraction of sp³-hybridized carbons (Fsp3) is 0.207. The lowest BCUT2D eigenvalue weighted by Gasteiger charge is -2.18. The van der Waals surface area contributed by atoms with Crippen molar-refractivity contribution < 1.29 is 4.79 Å². The number of carbonyl (C=O) groups excluding carboxylic acids is 1. The second-order valence-corrected chi connectivity index (χ2v) is 9.96. The van der Waals surface area contributed by atoms with Crippen LogP contribution in [0.25, 0.3) is 0 Å². The Morgan fingerprint density at radius 2 is 1.58 bits per heavy atom. The van der Waals surface area contributed by atoms with Gasteiger partial charge in [-0.25, -0.2) is 9.97 Å². The monoisotopic (exact) mass is 516 g/mol. The first kappa shape index (κ1) is 25.7. The first-order valence-corrected chi connectivity index (χ1v) is 13.2. The van der Waals surface area contributed by atoms with Crippen LogP contribution in [0.2, 0.25) is 5.15 Å². The van der Waals surface area contributed by atoms with Gasteiger partial charge in [0.15, 0.2) is 5.16 Å². The molecule has 7 heteroatoms. The number of halogens is 1. The predicted octanol–water partition coefficient (Wildman–Crippen LogP) is 6.44. The van der Waals surface area contributed by atoms with Gasteiger partial charge in [0.1, 0.15) is 11.0 Å². The van der Waals surface area contributed by atoms with Gasteiger partial charge in [-0.1, -0.05) is 96.2 Å². The Labute approximate surface area is 221 Å². The second-order valence-electron chi connectivity index (χ2n) is 8.63. The van der Waals surface area contributed by atoms with Crippen LogP contribution in [0.3, 0.4) is 0 Å². The van der Waals surface area contributed by atoms with Gasteiger partial charge in [0.05, 0.1) is 0 Å². The van der Waals surface area contributed by atoms with Crippen LogP contribution in [0.15, 0.2) is 96.2 Å². The summed E-state index contributed by atoms with van der Waals surface area (Å²) in [6.45, 7) is 0.579. The molecule has 0 aliphatic rings. The van der Waals surface area contributed by atoms with Crippen LogP contribution in [0.5, 0.6) is 0 Å². The van der Waals surface area contributed by atoms with Crippen molar-refractivity contribution >= 4 is 35.1 Å². The number of thioether (sulfide) groups is 1. The van der Waals surface area contributed by atoms with Gasteiger partial charge >= 0.3 is 0 Å². The van der Waals surface area contributed by atoms with Gasteiger partial charge in [-0.15, -0.1) is 0 Å². The Morgan fingerprint density at radius 1 is 0.917 bits per heavy atom. The number of benzene rings is 3. The summed E-state index contributed by atoms with van der Waals surface area (Å²) in [6.07, 6.45) is 0.815. The quantitative estimate of drug-likeness (QED) is 0.149. The van der Waals surface area contributed by atoms with Gasteiger partial charge in [-0.3, -0.25) is 4.79 Å². The Hall–Kier alpha value is -3.35. The minimum Gasteiger partial charge on any atom is -0.363 e. The third kappa shape index (κ3) is 7.09. The Kier molecular flexibility index (Phi) is 8.98. The molecular weight excluding hydrogens is 488 g/mol. The van der Waals surface area contributed by atoms with Gasteiger partial charge < -0.3 is 10.2 Å². The molecule has 3 aromatic carbocycles. The van der Waals surface area contributed by atoms with E-state index in [9.17, 15) is 4.79 Å². The number of anilines is 1. The average Bonchev–Trinajstić information content (AvgIpc) is 2.90. The summed E-state index contributed by atoms with van der Waals surface area (Å²) in [5.41, 5.74) is 4.16. The van der Waals surface area contributed by atoms with E-state index in [1.54, 1.807) is 6.07 Å². The molecule has 5 nitrogen and oxygen atoms in total. The molecule has 4 rings (SSSR count). The van der Waals surface area contributed by atoms with E-state index in [1.807, 2.05) is 55.4 Å². The van der Waals surface area contributed by atoms with E-state index in [2.05, 4.69) is 63.8 Å². The van der Waals surface area contributed by atoms with Gasteiger partial charge in [-0.2, -0.15) is 0 Å². The fourth-order valence-electron chi connectivity index (χ4n) is 3.96. The highest BCUT2D eigenvalue weighted by Gasteiger charge is 2.15. The van der Waals surface area contributed by atoms with E-state index in [0.717, 1.165) is 17.8 Å². The Bertz CT molecular complexity index is 1250. The Balaban J connectivity index is 1.37. The number of hydrogen-bond acceptors (Lipinski definition) is 5. The molecule has 0 saturated carbocycles. The number of nitrogens with zero attached hydrogens (tertiary/aromatic N) is 3. The van der Waals surface area contributed by atoms with Gasteiger partial charge in [0.2, 0.25) is 0 Å². The van der Waals surface area contributed by atoms with Crippen molar-refractivity contribution in [3.63, 3.8) is 0 Å². The SMILES string of the molecule is CN(C)c1cc(Cl)nc(SCc2cccc(C(=O)NCCC(c3ccccc3)c3ccccc3)c2)n1. The summed E-state index contributed by atoms with van der Waals surface area (Å²) in [5.74, 6) is 1.55. The molecule has 0 radical (unpaired) electrons. The van der Waals surface area contributed by atoms with Crippen LogP contribution in [0.1, 0.15) is 39.4 Å². The zero-order valence-corrected chi connectivity index (χ0v) is 22.0. The minimum absolute atomic E-state index is 0.0735. The van der Waals surface area contributed by atoms with E-state index in [4.69, 9.17) is 11.6 Å². The second kappa shape index (κ2) is 12.6. The van der Waals surface area contributed by atoms with E-state index in [0.29, 0.717) is 28.2 Å². The molecule has 0 unspecified atom stereocenters. The maximum Gasteiger partial charge on any atom is 0.251 e. The molecule has 4 aromatic rings. The number of carbonyl (C=O) groups is 1. The van der Waals surface area contributed by atoms with Crippen LogP contribution in [-0.4, -0.2) is 36.5 Å². The highest BCUT2D eigenvalue weighted by Crippen LogP contribution is 2.28. The van der Waals surface area contributed by atoms with Gasteiger partial charge in [0.25, 0.3) is 5.91 Å². The van der Waals surface area contributed by atoms with Crippen molar-refractivity contribution in [1.29, 1.82) is 0 Å². The summed E-state index contributed by atoms with van der Waals surface area (Å²) in [4.78, 5) is 23.6. The lowest BCUT2D eigenvalue weighted by molar-refractivity contribution is 0.0952. The molecule has 0 fully saturated rings. The number of aromatic nitrogens is 2. The molecule has 1 aromatic heterocycles. The summed E-state index contributed by atoms with van der Waals surface area (Å²) >= 11 is 7.64. The van der Waals surface area contributed by atoms with E-state index >= 15 is 0 Å². The molecule has 0 spiro atoms. The Morgan fingerprint density at radius 3 is 2.22 bits per heavy atom. The largest absolute Gasteiger partial charge is 0.363 e. The summed E-state index contributed by atoms with van der Waals surface area (Å²) in [7, 11) is 3.83. The molecule has 184 valence electrons. The van der Waals surface area contributed by atoms with Crippen LogP contribution < -0.4 is 10.2 Å². The number of nitrogens with one attached hydrogen (secondary N) is 1. The average molecular weight is 517 g/mol. The molecule has 0 saturated heterocycles. The van der Waals surface area contributed by atoms with E-state index in [1.165, 1.54) is 22.9 Å². The molecule has 36 heavy (non-hydrogen) atoms. The van der Waals surface area contributed by atoms with Crippen molar-refractivity contribution in [3.8, 4) is 0 Å². The highest BCUT2D eigenvalue weighted by atomic mass is 35.5. The van der Waals surface area contributed by atoms with Crippen LogP contribution in [0.4, 0.5) is 5.82 Å². The number of hydrogen-bond donors (Lipinski definition) is 1. The lowest BCUT2D eigenvalue weighted by atomic mass is 9.88. The highest BCUT2D eigenvalue weighted by molar-refractivity contribution is 7.98. The normalized spacial score (nSPS) is 10.9. The molecule has 1 amide bonds. The molecule has 0 aliphatic heterocycles. The fourth-order valence-corrected chi connectivity index (χ4v) is 4.98. The molecule has 1 heterocycles. The maximum atomic E-state index is 12.9. The molecule has 0 atom stereocenters. The zero-order valence-electron chi connectivity index (χ0n) is 20.4. The molecule has 1 N–H and O–H groups in total. The smallest absolute Gasteiger partial charge is 0.251 e. The third-order valence-electron chi connectivity index (χ3n) is 5.80. The van der Waals surface area contributed by atoms with Crippen LogP contribution >= 0.6 is 23.4 Å². The minimum atomic E-state index is -0.0735. The molecule has 0 aliphatic carbocycles. The van der Waals surface area contributed by atoms with Crippen molar-refractivity contribution in [3.05, 3.63) is 118 Å². The third-order valence-corrected chi connectivity index (χ3v) is 6.91. The first-order chi connectivity index (χ1) is 17.5. The van der Waals surface area contributed by atoms with Gasteiger partial charge in [-0.05, 0) is 35.2 Å². The standard InChI is InChI=1S/C29H29ClN4OS/c1-34(2)27-19-26(30)32-29(33-27)36-20-21-10-9-15-24(18-21)28(35)31-17-16-25(22-11-5-3-6-12-22)23-13-7-4-8-14-23/h3-15,18-19,25H,16-17,20H2,1-2H3,(H,31,35). The van der Waals surface area contributed by atoms with E-state index < -0.39 is 0 Å². The van der Waals surface area contributed by atoms with Crippen LogP contribution in [-0.2, 0) is 5.75 Å². The number of amides is 1. The van der Waals surface area contributed by atoms with Crippen molar-refractivity contribution in [1.82, 2.24) is 15.3 Å². The van der Waals surface area contributed by atoms with Crippen molar-refractivity contribution in [2.45, 2.75) is 23.2 Å². The summed E-state index contributed by atoms with van der Waals surface area (Å²) in [6, 6.07) is 30.3.